The van der Waals surface area contributed by atoms with Gasteiger partial charge in [-0.05, 0) is 61.2 Å². The Morgan fingerprint density at radius 3 is 2.58 bits per heavy atom. The summed E-state index contributed by atoms with van der Waals surface area (Å²) in [5, 5.41) is 9.69. The third kappa shape index (κ3) is 4.70. The molecule has 1 unspecified atom stereocenters. The molecule has 6 nitrogen and oxygen atoms in total. The van der Waals surface area contributed by atoms with Gasteiger partial charge in [0, 0.05) is 23.5 Å². The van der Waals surface area contributed by atoms with E-state index in [0.29, 0.717) is 10.8 Å². The van der Waals surface area contributed by atoms with Gasteiger partial charge in [0.25, 0.3) is 0 Å². The number of thioether (sulfide) groups is 1. The second-order valence-electron chi connectivity index (χ2n) is 8.51. The van der Waals surface area contributed by atoms with E-state index in [0.717, 1.165) is 51.8 Å². The average molecular weight is 522 g/mol. The summed E-state index contributed by atoms with van der Waals surface area (Å²) in [5.41, 5.74) is 5.22. The van der Waals surface area contributed by atoms with Gasteiger partial charge in [-0.3, -0.25) is 0 Å². The Morgan fingerprint density at radius 2 is 1.89 bits per heavy atom. The number of halogens is 2. The van der Waals surface area contributed by atoms with Crippen molar-refractivity contribution >= 4 is 23.4 Å². The molecule has 36 heavy (non-hydrogen) atoms. The molecule has 184 valence electrons. The highest BCUT2D eigenvalue weighted by atomic mass is 35.5. The van der Waals surface area contributed by atoms with Gasteiger partial charge in [-0.2, -0.15) is 11.8 Å². The number of aryl methyl sites for hydroxylation is 1. The molecule has 0 spiro atoms. The van der Waals surface area contributed by atoms with Crippen molar-refractivity contribution < 1.29 is 9.13 Å². The molecule has 0 amide bonds. The van der Waals surface area contributed by atoms with Crippen LogP contribution in [0.1, 0.15) is 23.7 Å². The number of nitrogens with zero attached hydrogens (tertiary/aromatic N) is 5. The number of imidazole rings is 1. The Kier molecular flexibility index (Phi) is 6.98. The Bertz CT molecular complexity index is 1470. The summed E-state index contributed by atoms with van der Waals surface area (Å²) >= 11 is 8.38. The highest BCUT2D eigenvalue weighted by molar-refractivity contribution is 7.98. The second kappa shape index (κ2) is 10.3. The normalized spacial score (nSPS) is 12.2. The Labute approximate surface area is 218 Å². The van der Waals surface area contributed by atoms with Crippen LogP contribution in [0.5, 0.6) is 5.75 Å². The van der Waals surface area contributed by atoms with E-state index < -0.39 is 0 Å². The second-order valence-corrected chi connectivity index (χ2v) is 9.93. The monoisotopic (exact) mass is 521 g/mol. The fourth-order valence-corrected chi connectivity index (χ4v) is 5.10. The molecule has 0 aliphatic carbocycles. The summed E-state index contributed by atoms with van der Waals surface area (Å²) < 4.78 is 23.3. The maximum Gasteiger partial charge on any atom is 0.165 e. The average Bonchev–Trinajstić information content (AvgIpc) is 3.51. The molecule has 1 atom stereocenters. The number of pyridine rings is 1. The van der Waals surface area contributed by atoms with E-state index in [2.05, 4.69) is 26.0 Å². The SMILES string of the molecule is COc1cc(-c2nnc3n(C(CCSC)c4ccc(F)cc4)cc(Cl)cc2-3)ccc1-n1cnc(C)c1. The minimum Gasteiger partial charge on any atom is -0.495 e. The molecule has 5 rings (SSSR count). The topological polar surface area (TPSA) is 57.8 Å². The largest absolute Gasteiger partial charge is 0.495 e. The van der Waals surface area contributed by atoms with Crippen LogP contribution in [-0.4, -0.2) is 43.4 Å². The summed E-state index contributed by atoms with van der Waals surface area (Å²) in [7, 11) is 1.64. The smallest absolute Gasteiger partial charge is 0.165 e. The highest BCUT2D eigenvalue weighted by Gasteiger charge is 2.25. The lowest BCUT2D eigenvalue weighted by molar-refractivity contribution is 0.413. The number of hydrogen-bond donors (Lipinski definition) is 0. The van der Waals surface area contributed by atoms with Crippen LogP contribution in [-0.2, 0) is 0 Å². The quantitative estimate of drug-likeness (QED) is 0.228. The minimum absolute atomic E-state index is 0.0646. The molecule has 3 aromatic rings. The van der Waals surface area contributed by atoms with E-state index in [1.807, 2.05) is 60.3 Å². The third-order valence-corrected chi connectivity index (χ3v) is 7.01. The van der Waals surface area contributed by atoms with Crippen molar-refractivity contribution in [1.82, 2.24) is 24.3 Å². The molecule has 9 heteroatoms. The Morgan fingerprint density at radius 1 is 1.08 bits per heavy atom. The third-order valence-electron chi connectivity index (χ3n) is 6.16. The van der Waals surface area contributed by atoms with Gasteiger partial charge in [-0.1, -0.05) is 29.8 Å². The van der Waals surface area contributed by atoms with Crippen LogP contribution in [0.2, 0.25) is 5.02 Å². The standard InChI is InChI=1S/C27H25ClFN5OS/c1-17-14-33(16-30-17)24-9-6-19(12-25(24)35-2)26-22-13-20(28)15-34(27(22)32-31-26)23(10-11-36-3)18-4-7-21(29)8-5-18/h4-9,12-16,23H,10-11H2,1-3H3. The molecular weight excluding hydrogens is 497 g/mol. The molecule has 0 radical (unpaired) electrons. The number of fused-ring (bicyclic) bond motifs is 1. The first-order valence-corrected chi connectivity index (χ1v) is 13.2. The molecular formula is C27H25ClFN5OS. The van der Waals surface area contributed by atoms with Crippen molar-refractivity contribution in [2.75, 3.05) is 19.1 Å². The van der Waals surface area contributed by atoms with Gasteiger partial charge in [0.15, 0.2) is 5.82 Å². The van der Waals surface area contributed by atoms with Crippen LogP contribution < -0.4 is 4.74 Å². The number of benzene rings is 2. The lowest BCUT2D eigenvalue weighted by Crippen LogP contribution is -2.15. The molecule has 0 N–H and O–H groups in total. The van der Waals surface area contributed by atoms with E-state index in [1.54, 1.807) is 25.2 Å². The first kappa shape index (κ1) is 24.3. The molecule has 2 aromatic carbocycles. The molecule has 0 saturated carbocycles. The van der Waals surface area contributed by atoms with E-state index in [1.165, 1.54) is 12.1 Å². The number of ether oxygens (including phenoxy) is 1. The van der Waals surface area contributed by atoms with Crippen molar-refractivity contribution in [3.63, 3.8) is 0 Å². The number of methoxy groups -OCH3 is 1. The summed E-state index contributed by atoms with van der Waals surface area (Å²) in [6.45, 7) is 1.94. The number of hydrogen-bond acceptors (Lipinski definition) is 5. The van der Waals surface area contributed by atoms with Gasteiger partial charge < -0.3 is 13.9 Å². The van der Waals surface area contributed by atoms with Crippen molar-refractivity contribution in [3.8, 4) is 34.1 Å². The Hall–Kier alpha value is -3.36. The fraction of sp³-hybridized carbons (Fsp3) is 0.222. The predicted octanol–water partition coefficient (Wildman–Crippen LogP) is 6.69. The van der Waals surface area contributed by atoms with Crippen LogP contribution in [0, 0.1) is 12.7 Å². The summed E-state index contributed by atoms with van der Waals surface area (Å²) in [6.07, 6.45) is 8.49. The zero-order valence-corrected chi connectivity index (χ0v) is 21.7. The summed E-state index contributed by atoms with van der Waals surface area (Å²) in [4.78, 5) is 4.31. The van der Waals surface area contributed by atoms with Gasteiger partial charge in [-0.25, -0.2) is 9.37 Å². The van der Waals surface area contributed by atoms with Gasteiger partial charge in [0.2, 0.25) is 0 Å². The van der Waals surface area contributed by atoms with E-state index in [-0.39, 0.29) is 11.9 Å². The summed E-state index contributed by atoms with van der Waals surface area (Å²) in [6, 6.07) is 14.4. The lowest BCUT2D eigenvalue weighted by Gasteiger charge is -2.24. The lowest BCUT2D eigenvalue weighted by atomic mass is 10.0. The van der Waals surface area contributed by atoms with Gasteiger partial charge in [0.1, 0.15) is 17.3 Å². The molecule has 0 fully saturated rings. The van der Waals surface area contributed by atoms with Crippen LogP contribution in [0.3, 0.4) is 0 Å². The minimum atomic E-state index is -0.262. The maximum absolute atomic E-state index is 13.6. The summed E-state index contributed by atoms with van der Waals surface area (Å²) in [5.74, 6) is 2.08. The van der Waals surface area contributed by atoms with Crippen molar-refractivity contribution in [2.24, 2.45) is 0 Å². The molecule has 2 aliphatic rings. The van der Waals surface area contributed by atoms with Crippen LogP contribution in [0.25, 0.3) is 28.3 Å². The highest BCUT2D eigenvalue weighted by Crippen LogP contribution is 2.39. The van der Waals surface area contributed by atoms with Gasteiger partial charge in [-0.15, -0.1) is 10.2 Å². The fourth-order valence-electron chi connectivity index (χ4n) is 4.43. The van der Waals surface area contributed by atoms with E-state index >= 15 is 0 Å². The number of rotatable bonds is 8. The van der Waals surface area contributed by atoms with Crippen LogP contribution in [0.15, 0.2) is 67.3 Å². The number of aromatic nitrogens is 5. The van der Waals surface area contributed by atoms with E-state index in [9.17, 15) is 4.39 Å². The predicted molar refractivity (Wildman–Crippen MR) is 143 cm³/mol. The zero-order valence-electron chi connectivity index (χ0n) is 20.2. The van der Waals surface area contributed by atoms with Crippen LogP contribution in [0.4, 0.5) is 4.39 Å². The van der Waals surface area contributed by atoms with Crippen molar-refractivity contribution in [1.29, 1.82) is 0 Å². The maximum atomic E-state index is 13.6. The molecule has 2 aliphatic heterocycles. The van der Waals surface area contributed by atoms with Crippen molar-refractivity contribution in [3.05, 3.63) is 89.3 Å². The molecule has 0 saturated heterocycles. The van der Waals surface area contributed by atoms with Gasteiger partial charge >= 0.3 is 0 Å². The molecule has 3 heterocycles. The van der Waals surface area contributed by atoms with Crippen LogP contribution >= 0.6 is 23.4 Å². The first-order valence-electron chi connectivity index (χ1n) is 11.5. The molecule has 0 bridgehead atoms. The van der Waals surface area contributed by atoms with Gasteiger partial charge in [0.05, 0.1) is 35.9 Å². The Balaban J connectivity index is 1.58. The van der Waals surface area contributed by atoms with E-state index in [4.69, 9.17) is 16.3 Å². The zero-order chi connectivity index (χ0) is 25.2. The molecule has 1 aromatic heterocycles. The van der Waals surface area contributed by atoms with Crippen molar-refractivity contribution in [2.45, 2.75) is 19.4 Å². The first-order chi connectivity index (χ1) is 17.5.